The molecule has 0 aliphatic carbocycles. The largest absolute Gasteiger partial charge is 0.512 e. The Bertz CT molecular complexity index is 2080. The zero-order valence-electron chi connectivity index (χ0n) is 29.4. The van der Waals surface area contributed by atoms with E-state index in [0.717, 1.165) is 81.0 Å². The molecule has 6 heteroatoms. The van der Waals surface area contributed by atoms with E-state index in [9.17, 15) is 9.90 Å². The summed E-state index contributed by atoms with van der Waals surface area (Å²) in [6, 6.07) is 28.2. The standard InChI is InChI=1S/C27H19N2O.C15H28O2.Ir/c1-16(2)27-28-24-18-9-4-3-8-17(18)14-15-21(24)25(29-27)22-12-7-11-20-19-10-5-6-13-23(19)30-26(20)22;1-7-14(5,8-2)12(16)11-13(17)15(6,9-3)10-4;/h3-11,13-16H,1-2H3;11,16H,7-10H2,1-6H3;/q-1;;/b;12-11-;. The molecule has 4 aromatic carbocycles. The second-order valence-corrected chi connectivity index (χ2v) is 13.4. The predicted molar refractivity (Wildman–Crippen MR) is 196 cm³/mol. The Hall–Kier alpha value is -3.86. The summed E-state index contributed by atoms with van der Waals surface area (Å²) in [6.07, 6.45) is 4.75. The van der Waals surface area contributed by atoms with Crippen molar-refractivity contribution in [2.24, 2.45) is 10.8 Å². The number of carbonyl (C=O) groups excluding carboxylic acids is 1. The normalized spacial score (nSPS) is 12.4. The van der Waals surface area contributed by atoms with Crippen molar-refractivity contribution in [3.63, 3.8) is 0 Å². The first-order valence-electron chi connectivity index (χ1n) is 17.0. The number of aliphatic hydroxyl groups is 1. The van der Waals surface area contributed by atoms with Crippen LogP contribution in [0.5, 0.6) is 0 Å². The Morgan fingerprint density at radius 3 is 2.08 bits per heavy atom. The number of allylic oxidation sites excluding steroid dienone is 2. The molecule has 0 amide bonds. The summed E-state index contributed by atoms with van der Waals surface area (Å²) in [7, 11) is 0. The Balaban J connectivity index is 0.000000251. The van der Waals surface area contributed by atoms with Gasteiger partial charge in [0.1, 0.15) is 17.2 Å². The number of aromatic nitrogens is 2. The molecule has 1 N–H and O–H groups in total. The van der Waals surface area contributed by atoms with Crippen LogP contribution in [-0.2, 0) is 24.9 Å². The molecular weight excluding hydrogens is 773 g/mol. The van der Waals surface area contributed by atoms with Crippen molar-refractivity contribution in [1.29, 1.82) is 0 Å². The van der Waals surface area contributed by atoms with E-state index in [-0.39, 0.29) is 48.4 Å². The number of para-hydroxylation sites is 1. The van der Waals surface area contributed by atoms with Crippen LogP contribution in [0.25, 0.3) is 54.9 Å². The maximum Gasteiger partial charge on any atom is 0.164 e. The molecule has 0 atom stereocenters. The molecule has 5 nitrogen and oxygen atoms in total. The summed E-state index contributed by atoms with van der Waals surface area (Å²) >= 11 is 0. The zero-order valence-corrected chi connectivity index (χ0v) is 31.8. The number of hydrogen-bond donors (Lipinski definition) is 1. The van der Waals surface area contributed by atoms with Crippen LogP contribution in [0.1, 0.15) is 92.8 Å². The molecule has 0 saturated heterocycles. The molecule has 0 aliphatic rings. The van der Waals surface area contributed by atoms with Gasteiger partial charge in [-0.2, -0.15) is 0 Å². The van der Waals surface area contributed by atoms with Crippen LogP contribution in [0.3, 0.4) is 0 Å². The molecule has 0 saturated carbocycles. The van der Waals surface area contributed by atoms with Crippen LogP contribution in [0.15, 0.2) is 89.0 Å². The van der Waals surface area contributed by atoms with Crippen LogP contribution in [0, 0.1) is 16.9 Å². The van der Waals surface area contributed by atoms with Gasteiger partial charge in [-0.05, 0) is 42.5 Å². The van der Waals surface area contributed by atoms with E-state index in [0.29, 0.717) is 0 Å². The molecule has 48 heavy (non-hydrogen) atoms. The Morgan fingerprint density at radius 1 is 0.812 bits per heavy atom. The molecule has 6 rings (SSSR count). The molecule has 0 spiro atoms. The SMILES string of the molecule is CC(C)c1nc(-c2[c-]ccc3c2oc2ccccc23)c2ccc3ccccc3c2n1.CCC(C)(CC)C(=O)/C=C(\O)C(C)(CC)CC.[Ir]. The van der Waals surface area contributed by atoms with Gasteiger partial charge in [0.2, 0.25) is 0 Å². The molecule has 1 radical (unpaired) electrons. The monoisotopic (exact) mass is 820 g/mol. The first-order valence-corrected chi connectivity index (χ1v) is 17.0. The average molecular weight is 820 g/mol. The Morgan fingerprint density at radius 2 is 1.44 bits per heavy atom. The van der Waals surface area contributed by atoms with Crippen LogP contribution in [-0.4, -0.2) is 20.9 Å². The van der Waals surface area contributed by atoms with Gasteiger partial charge >= 0.3 is 0 Å². The van der Waals surface area contributed by atoms with Gasteiger partial charge in [-0.3, -0.25) is 9.78 Å². The third-order valence-electron chi connectivity index (χ3n) is 10.3. The van der Waals surface area contributed by atoms with Gasteiger partial charge in [0.25, 0.3) is 0 Å². The van der Waals surface area contributed by atoms with Gasteiger partial charge in [-0.25, -0.2) is 4.98 Å². The number of ketones is 1. The van der Waals surface area contributed by atoms with E-state index in [2.05, 4.69) is 68.4 Å². The second-order valence-electron chi connectivity index (χ2n) is 13.4. The van der Waals surface area contributed by atoms with Crippen molar-refractivity contribution in [3.8, 4) is 11.3 Å². The summed E-state index contributed by atoms with van der Waals surface area (Å²) in [6.45, 7) is 16.3. The minimum Gasteiger partial charge on any atom is -0.512 e. The van der Waals surface area contributed by atoms with Crippen molar-refractivity contribution >= 4 is 49.4 Å². The molecule has 0 fully saturated rings. The minimum atomic E-state index is -0.337. The smallest absolute Gasteiger partial charge is 0.164 e. The fourth-order valence-corrected chi connectivity index (χ4v) is 5.88. The van der Waals surface area contributed by atoms with Gasteiger partial charge in [0.15, 0.2) is 5.78 Å². The van der Waals surface area contributed by atoms with Crippen molar-refractivity contribution < 1.29 is 34.4 Å². The number of rotatable bonds is 9. The fraction of sp³-hybridized carbons (Fsp3) is 0.357. The average Bonchev–Trinajstić information content (AvgIpc) is 3.49. The molecule has 2 heterocycles. The van der Waals surface area contributed by atoms with Crippen molar-refractivity contribution in [3.05, 3.63) is 96.5 Å². The maximum absolute atomic E-state index is 12.2. The minimum absolute atomic E-state index is 0. The van der Waals surface area contributed by atoms with E-state index in [1.807, 2.05) is 65.8 Å². The number of benzene rings is 4. The van der Waals surface area contributed by atoms with E-state index < -0.39 is 0 Å². The Labute approximate surface area is 298 Å². The van der Waals surface area contributed by atoms with Crippen LogP contribution < -0.4 is 0 Å². The van der Waals surface area contributed by atoms with E-state index >= 15 is 0 Å². The number of nitrogens with zero attached hydrogens (tertiary/aromatic N) is 2. The summed E-state index contributed by atoms with van der Waals surface area (Å²) in [5, 5.41) is 15.7. The van der Waals surface area contributed by atoms with Crippen LogP contribution in [0.2, 0.25) is 0 Å². The van der Waals surface area contributed by atoms with Crippen LogP contribution >= 0.6 is 0 Å². The number of hydrogen-bond acceptors (Lipinski definition) is 5. The summed E-state index contributed by atoms with van der Waals surface area (Å²) in [5.41, 5.74) is 3.83. The summed E-state index contributed by atoms with van der Waals surface area (Å²) in [5.74, 6) is 1.33. The number of furan rings is 1. The van der Waals surface area contributed by atoms with Gasteiger partial charge in [0.05, 0.1) is 11.1 Å². The maximum atomic E-state index is 12.2. The van der Waals surface area contributed by atoms with Gasteiger partial charge < -0.3 is 9.52 Å². The number of carbonyl (C=O) groups is 1. The first kappa shape index (κ1) is 37.0. The number of fused-ring (bicyclic) bond motifs is 6. The van der Waals surface area contributed by atoms with Crippen molar-refractivity contribution in [2.75, 3.05) is 0 Å². The second kappa shape index (κ2) is 15.1. The molecule has 253 valence electrons. The van der Waals surface area contributed by atoms with Gasteiger partial charge in [-0.1, -0.05) is 121 Å². The van der Waals surface area contributed by atoms with E-state index in [1.165, 1.54) is 11.5 Å². The fourth-order valence-electron chi connectivity index (χ4n) is 5.88. The quantitative estimate of drug-likeness (QED) is 0.0680. The summed E-state index contributed by atoms with van der Waals surface area (Å²) in [4.78, 5) is 22.1. The van der Waals surface area contributed by atoms with Crippen LogP contribution in [0.4, 0.5) is 0 Å². The molecule has 2 aromatic heterocycles. The molecule has 0 aliphatic heterocycles. The van der Waals surface area contributed by atoms with Gasteiger partial charge in [0, 0.05) is 59.4 Å². The topological polar surface area (TPSA) is 76.2 Å². The van der Waals surface area contributed by atoms with Crippen molar-refractivity contribution in [1.82, 2.24) is 9.97 Å². The predicted octanol–water partition coefficient (Wildman–Crippen LogP) is 11.9. The molecule has 6 aromatic rings. The summed E-state index contributed by atoms with van der Waals surface area (Å²) < 4.78 is 6.28. The van der Waals surface area contributed by atoms with E-state index in [1.54, 1.807) is 0 Å². The molecule has 0 unspecified atom stereocenters. The Kier molecular flexibility index (Phi) is 11.7. The third kappa shape index (κ3) is 6.97. The zero-order chi connectivity index (χ0) is 33.9. The van der Waals surface area contributed by atoms with Gasteiger partial charge in [-0.15, -0.1) is 18.2 Å². The third-order valence-corrected chi connectivity index (χ3v) is 10.3. The number of aliphatic hydroxyl groups excluding tert-OH is 1. The molecular formula is C42H47IrN2O3-. The first-order chi connectivity index (χ1) is 22.5. The van der Waals surface area contributed by atoms with Crippen molar-refractivity contribution in [2.45, 2.75) is 87.0 Å². The van der Waals surface area contributed by atoms with E-state index in [4.69, 9.17) is 14.4 Å². The molecule has 0 bridgehead atoms.